The van der Waals surface area contributed by atoms with E-state index < -0.39 is 10.0 Å². The minimum atomic E-state index is -3.89. The molecule has 0 radical (unpaired) electrons. The molecule has 0 fully saturated rings. The molecule has 1 heterocycles. The van der Waals surface area contributed by atoms with Crippen molar-refractivity contribution in [2.24, 2.45) is 7.05 Å². The summed E-state index contributed by atoms with van der Waals surface area (Å²) in [7, 11) is -2.36. The van der Waals surface area contributed by atoms with Crippen molar-refractivity contribution >= 4 is 44.7 Å². The molecule has 0 aliphatic heterocycles. The molecule has 0 bridgehead atoms. The summed E-state index contributed by atoms with van der Waals surface area (Å²) in [5.74, 6) is -0.0897. The maximum Gasteiger partial charge on any atom is 0.281 e. The number of aromatic nitrogens is 2. The average Bonchev–Trinajstić information content (AvgIpc) is 2.64. The van der Waals surface area contributed by atoms with Crippen molar-refractivity contribution in [1.82, 2.24) is 9.55 Å². The van der Waals surface area contributed by atoms with E-state index in [1.165, 1.54) is 30.1 Å². The molecule has 2 rings (SSSR count). The van der Waals surface area contributed by atoms with E-state index in [1.54, 1.807) is 6.07 Å². The van der Waals surface area contributed by atoms with Crippen LogP contribution in [0.3, 0.4) is 0 Å². The molecular formula is C10H10Cl2N4O2S. The van der Waals surface area contributed by atoms with Crippen molar-refractivity contribution < 1.29 is 8.42 Å². The van der Waals surface area contributed by atoms with Gasteiger partial charge in [0.25, 0.3) is 10.0 Å². The number of nitrogens with two attached hydrogens (primary N) is 1. The smallest absolute Gasteiger partial charge is 0.281 e. The summed E-state index contributed by atoms with van der Waals surface area (Å²) in [6.45, 7) is 0. The quantitative estimate of drug-likeness (QED) is 0.906. The lowest BCUT2D eigenvalue weighted by Gasteiger charge is -2.10. The van der Waals surface area contributed by atoms with Gasteiger partial charge in [0.2, 0.25) is 0 Å². The maximum absolute atomic E-state index is 12.2. The number of nitrogens with one attached hydrogen (secondary N) is 1. The summed E-state index contributed by atoms with van der Waals surface area (Å²) in [5, 5.41) is 0.456. The number of nitrogens with zero attached hydrogens (tertiary/aromatic N) is 2. The zero-order valence-electron chi connectivity index (χ0n) is 9.76. The molecule has 0 saturated heterocycles. The first-order chi connectivity index (χ1) is 8.81. The molecule has 6 nitrogen and oxygen atoms in total. The molecule has 9 heteroatoms. The number of hydrogen-bond donors (Lipinski definition) is 2. The second-order valence-electron chi connectivity index (χ2n) is 3.78. The van der Waals surface area contributed by atoms with Crippen LogP contribution < -0.4 is 10.5 Å². The van der Waals surface area contributed by atoms with E-state index in [-0.39, 0.29) is 21.6 Å². The van der Waals surface area contributed by atoms with Gasteiger partial charge >= 0.3 is 0 Å². The van der Waals surface area contributed by atoms with E-state index in [2.05, 4.69) is 9.71 Å². The SMILES string of the molecule is Cn1cnc(N)c1S(=O)(=O)Nc1cc(Cl)ccc1Cl. The number of halogens is 2. The van der Waals surface area contributed by atoms with Gasteiger partial charge in [-0.25, -0.2) is 4.98 Å². The van der Waals surface area contributed by atoms with Gasteiger partial charge in [0.15, 0.2) is 10.8 Å². The van der Waals surface area contributed by atoms with E-state index in [0.717, 1.165) is 0 Å². The van der Waals surface area contributed by atoms with E-state index in [4.69, 9.17) is 28.9 Å². The van der Waals surface area contributed by atoms with Crippen LogP contribution in [0.25, 0.3) is 0 Å². The van der Waals surface area contributed by atoms with Crippen LogP contribution >= 0.6 is 23.2 Å². The lowest BCUT2D eigenvalue weighted by molar-refractivity contribution is 0.592. The molecule has 3 N–H and O–H groups in total. The Labute approximate surface area is 120 Å². The van der Waals surface area contributed by atoms with Crippen LogP contribution in [0.5, 0.6) is 0 Å². The van der Waals surface area contributed by atoms with Gasteiger partial charge in [-0.15, -0.1) is 0 Å². The largest absolute Gasteiger partial charge is 0.381 e. The molecule has 0 spiro atoms. The molecule has 0 aliphatic rings. The first-order valence-electron chi connectivity index (χ1n) is 5.06. The summed E-state index contributed by atoms with van der Waals surface area (Å²) in [6.07, 6.45) is 1.31. The zero-order valence-corrected chi connectivity index (χ0v) is 12.1. The fourth-order valence-corrected chi connectivity index (χ4v) is 3.24. The van der Waals surface area contributed by atoms with E-state index in [1.807, 2.05) is 0 Å². The Kier molecular flexibility index (Phi) is 3.62. The highest BCUT2D eigenvalue weighted by Gasteiger charge is 2.23. The van der Waals surface area contributed by atoms with Crippen LogP contribution in [0.1, 0.15) is 0 Å². The monoisotopic (exact) mass is 320 g/mol. The lowest BCUT2D eigenvalue weighted by atomic mass is 10.3. The topological polar surface area (TPSA) is 90.0 Å². The predicted molar refractivity (Wildman–Crippen MR) is 74.9 cm³/mol. The van der Waals surface area contributed by atoms with E-state index in [9.17, 15) is 8.42 Å². The number of benzene rings is 1. The Morgan fingerprint density at radius 3 is 2.63 bits per heavy atom. The van der Waals surface area contributed by atoms with Crippen molar-refractivity contribution in [3.8, 4) is 0 Å². The Balaban J connectivity index is 2.45. The maximum atomic E-state index is 12.2. The molecule has 0 unspecified atom stereocenters. The summed E-state index contributed by atoms with van der Waals surface area (Å²) >= 11 is 11.7. The summed E-state index contributed by atoms with van der Waals surface area (Å²) in [5.41, 5.74) is 5.71. The summed E-state index contributed by atoms with van der Waals surface area (Å²) in [6, 6.07) is 4.46. The van der Waals surface area contributed by atoms with Crippen LogP contribution in [0, 0.1) is 0 Å². The van der Waals surface area contributed by atoms with Crippen LogP contribution in [0.2, 0.25) is 10.0 Å². The van der Waals surface area contributed by atoms with Crippen molar-refractivity contribution in [3.63, 3.8) is 0 Å². The molecule has 0 amide bonds. The van der Waals surface area contributed by atoms with Gasteiger partial charge < -0.3 is 10.3 Å². The predicted octanol–water partition coefficient (Wildman–Crippen LogP) is 2.11. The first-order valence-corrected chi connectivity index (χ1v) is 7.30. The highest BCUT2D eigenvalue weighted by Crippen LogP contribution is 2.28. The Bertz CT molecular complexity index is 708. The van der Waals surface area contributed by atoms with Gasteiger partial charge in [0.1, 0.15) is 0 Å². The van der Waals surface area contributed by atoms with E-state index >= 15 is 0 Å². The fourth-order valence-electron chi connectivity index (χ4n) is 1.53. The Morgan fingerprint density at radius 1 is 1.37 bits per heavy atom. The molecule has 0 atom stereocenters. The number of sulfonamides is 1. The average molecular weight is 321 g/mol. The first kappa shape index (κ1) is 14.0. The third kappa shape index (κ3) is 2.78. The van der Waals surface area contributed by atoms with Crippen LogP contribution in [0.15, 0.2) is 29.6 Å². The van der Waals surface area contributed by atoms with Crippen molar-refractivity contribution in [1.29, 1.82) is 0 Å². The highest BCUT2D eigenvalue weighted by molar-refractivity contribution is 7.92. The summed E-state index contributed by atoms with van der Waals surface area (Å²) in [4.78, 5) is 3.73. The second-order valence-corrected chi connectivity index (χ2v) is 6.22. The number of aryl methyl sites for hydroxylation is 1. The number of nitrogen functional groups attached to an aromatic ring is 1. The standard InChI is InChI=1S/C10H10Cl2N4O2S/c1-16-5-14-9(13)10(16)19(17,18)15-8-4-6(11)2-3-7(8)12/h2-5,15H,13H2,1H3. The highest BCUT2D eigenvalue weighted by atomic mass is 35.5. The van der Waals surface area contributed by atoms with Gasteiger partial charge in [0, 0.05) is 12.1 Å². The normalized spacial score (nSPS) is 11.5. The molecule has 19 heavy (non-hydrogen) atoms. The van der Waals surface area contributed by atoms with Gasteiger partial charge in [0.05, 0.1) is 17.0 Å². The van der Waals surface area contributed by atoms with Crippen LogP contribution in [-0.4, -0.2) is 18.0 Å². The van der Waals surface area contributed by atoms with Gasteiger partial charge in [-0.2, -0.15) is 8.42 Å². The molecule has 1 aromatic heterocycles. The molecule has 2 aromatic rings. The fraction of sp³-hybridized carbons (Fsp3) is 0.100. The lowest BCUT2D eigenvalue weighted by Crippen LogP contribution is -2.17. The third-order valence-corrected chi connectivity index (χ3v) is 4.40. The number of rotatable bonds is 3. The van der Waals surface area contributed by atoms with Crippen molar-refractivity contribution in [3.05, 3.63) is 34.6 Å². The van der Waals surface area contributed by atoms with Crippen molar-refractivity contribution in [2.45, 2.75) is 5.03 Å². The zero-order chi connectivity index (χ0) is 14.2. The molecule has 1 aromatic carbocycles. The number of anilines is 2. The van der Waals surface area contributed by atoms with E-state index in [0.29, 0.717) is 5.02 Å². The minimum absolute atomic E-state index is 0.0897. The molecule has 0 saturated carbocycles. The van der Waals surface area contributed by atoms with Gasteiger partial charge in [-0.05, 0) is 18.2 Å². The Morgan fingerprint density at radius 2 is 2.05 bits per heavy atom. The van der Waals surface area contributed by atoms with Gasteiger partial charge in [-0.3, -0.25) is 4.72 Å². The second kappa shape index (κ2) is 4.92. The summed E-state index contributed by atoms with van der Waals surface area (Å²) < 4.78 is 28.1. The van der Waals surface area contributed by atoms with Crippen molar-refractivity contribution in [2.75, 3.05) is 10.5 Å². The minimum Gasteiger partial charge on any atom is -0.381 e. The molecule has 0 aliphatic carbocycles. The van der Waals surface area contributed by atoms with Crippen LogP contribution in [-0.2, 0) is 17.1 Å². The number of imidazole rings is 1. The molecule has 102 valence electrons. The number of hydrogen-bond acceptors (Lipinski definition) is 4. The van der Waals surface area contributed by atoms with Gasteiger partial charge in [-0.1, -0.05) is 23.2 Å². The Hall–Kier alpha value is -1.44. The molecular weight excluding hydrogens is 311 g/mol. The van der Waals surface area contributed by atoms with Crippen LogP contribution in [0.4, 0.5) is 11.5 Å². The third-order valence-electron chi connectivity index (χ3n) is 2.34.